The molecule has 4 aromatic rings. The predicted molar refractivity (Wildman–Crippen MR) is 153 cm³/mol. The Labute approximate surface area is 222 Å². The van der Waals surface area contributed by atoms with Gasteiger partial charge in [0.05, 0.1) is 25.6 Å². The summed E-state index contributed by atoms with van der Waals surface area (Å²) in [6, 6.07) is 25.3. The lowest BCUT2D eigenvalue weighted by Crippen LogP contribution is -2.20. The largest absolute Gasteiger partial charge is 0.495 e. The summed E-state index contributed by atoms with van der Waals surface area (Å²) >= 11 is 0. The molecule has 8 nitrogen and oxygen atoms in total. The van der Waals surface area contributed by atoms with Crippen LogP contribution in [0.25, 0.3) is 11.1 Å². The third-order valence-corrected chi connectivity index (χ3v) is 5.85. The Morgan fingerprint density at radius 3 is 1.24 bits per heavy atom. The highest BCUT2D eigenvalue weighted by Gasteiger charge is 2.13. The van der Waals surface area contributed by atoms with Gasteiger partial charge in [-0.25, -0.2) is 9.59 Å². The molecule has 0 aromatic heterocycles. The van der Waals surface area contributed by atoms with Crippen LogP contribution in [-0.4, -0.2) is 26.3 Å². The van der Waals surface area contributed by atoms with Gasteiger partial charge in [0, 0.05) is 11.4 Å². The maximum Gasteiger partial charge on any atom is 0.323 e. The van der Waals surface area contributed by atoms with Gasteiger partial charge < -0.3 is 30.7 Å². The highest BCUT2D eigenvalue weighted by molar-refractivity contribution is 6.02. The maximum atomic E-state index is 12.5. The predicted octanol–water partition coefficient (Wildman–Crippen LogP) is 7.28. The number of carbonyl (C=O) groups excluding carboxylic acids is 2. The number of aryl methyl sites for hydroxylation is 2. The Hall–Kier alpha value is -4.98. The lowest BCUT2D eigenvalue weighted by atomic mass is 10.0. The first-order valence-electron chi connectivity index (χ1n) is 12.0. The quantitative estimate of drug-likeness (QED) is 0.210. The van der Waals surface area contributed by atoms with Gasteiger partial charge in [0.2, 0.25) is 0 Å². The average Bonchev–Trinajstić information content (AvgIpc) is 2.91. The molecule has 0 heterocycles. The van der Waals surface area contributed by atoms with Crippen LogP contribution in [0.15, 0.2) is 84.9 Å². The Morgan fingerprint density at radius 2 is 0.895 bits per heavy atom. The summed E-state index contributed by atoms with van der Waals surface area (Å²) in [5.74, 6) is 1.00. The molecule has 4 N–H and O–H groups in total. The number of rotatable bonds is 7. The molecule has 0 aliphatic carbocycles. The second-order valence-electron chi connectivity index (χ2n) is 8.72. The van der Waals surface area contributed by atoms with Gasteiger partial charge in [-0.1, -0.05) is 47.5 Å². The highest BCUT2D eigenvalue weighted by atomic mass is 16.5. The summed E-state index contributed by atoms with van der Waals surface area (Å²) in [6.07, 6.45) is 0. The van der Waals surface area contributed by atoms with Gasteiger partial charge in [-0.2, -0.15) is 0 Å². The second-order valence-corrected chi connectivity index (χ2v) is 8.72. The van der Waals surface area contributed by atoms with Crippen molar-refractivity contribution >= 4 is 34.8 Å². The molecule has 0 bridgehead atoms. The van der Waals surface area contributed by atoms with Crippen LogP contribution in [0, 0.1) is 13.8 Å². The van der Waals surface area contributed by atoms with Crippen molar-refractivity contribution in [2.75, 3.05) is 35.5 Å². The van der Waals surface area contributed by atoms with E-state index >= 15 is 0 Å². The molecule has 194 valence electrons. The van der Waals surface area contributed by atoms with Crippen molar-refractivity contribution in [3.63, 3.8) is 0 Å². The maximum absolute atomic E-state index is 12.5. The van der Waals surface area contributed by atoms with E-state index in [1.165, 1.54) is 0 Å². The van der Waals surface area contributed by atoms with E-state index in [1.807, 2.05) is 86.6 Å². The average molecular weight is 511 g/mol. The monoisotopic (exact) mass is 510 g/mol. The van der Waals surface area contributed by atoms with Crippen molar-refractivity contribution in [2.45, 2.75) is 13.8 Å². The highest BCUT2D eigenvalue weighted by Crippen LogP contribution is 2.35. The molecule has 38 heavy (non-hydrogen) atoms. The fourth-order valence-electron chi connectivity index (χ4n) is 3.79. The van der Waals surface area contributed by atoms with E-state index in [1.54, 1.807) is 26.4 Å². The first-order chi connectivity index (χ1) is 18.3. The Balaban J connectivity index is 1.46. The van der Waals surface area contributed by atoms with E-state index < -0.39 is 0 Å². The molecule has 0 fully saturated rings. The molecule has 4 rings (SSSR count). The van der Waals surface area contributed by atoms with Crippen LogP contribution in [0.5, 0.6) is 11.5 Å². The minimum Gasteiger partial charge on any atom is -0.495 e. The van der Waals surface area contributed by atoms with Gasteiger partial charge in [-0.3, -0.25) is 0 Å². The van der Waals surface area contributed by atoms with E-state index in [0.29, 0.717) is 34.2 Å². The van der Waals surface area contributed by atoms with Crippen LogP contribution in [0.2, 0.25) is 0 Å². The third kappa shape index (κ3) is 6.61. The molecule has 0 unspecified atom stereocenters. The number of carbonyl (C=O) groups is 2. The van der Waals surface area contributed by atoms with Crippen LogP contribution in [0.4, 0.5) is 32.3 Å². The van der Waals surface area contributed by atoms with Crippen LogP contribution in [-0.2, 0) is 0 Å². The van der Waals surface area contributed by atoms with Gasteiger partial charge >= 0.3 is 12.1 Å². The summed E-state index contributed by atoms with van der Waals surface area (Å²) in [5.41, 5.74) is 6.35. The number of nitrogens with one attached hydrogen (secondary N) is 4. The molecular formula is C30H30N4O4. The van der Waals surface area contributed by atoms with Crippen molar-refractivity contribution in [3.8, 4) is 22.6 Å². The number of amides is 4. The SMILES string of the molecule is COc1cc(-c2ccc(NC(=O)Nc3ccc(C)cc3)c(OC)c2)ccc1NC(=O)Nc1ccc(C)cc1. The van der Waals surface area contributed by atoms with Crippen molar-refractivity contribution in [1.82, 2.24) is 0 Å². The standard InChI is InChI=1S/C30H30N4O4/c1-19-5-11-23(12-6-19)31-29(35)33-25-15-9-21(17-27(25)37-3)22-10-16-26(28(18-22)38-4)34-30(36)32-24-13-7-20(2)8-14-24/h5-18H,1-4H3,(H2,31,33,35)(H2,32,34,36). The smallest absolute Gasteiger partial charge is 0.323 e. The molecule has 4 aromatic carbocycles. The van der Waals surface area contributed by atoms with Gasteiger partial charge in [0.1, 0.15) is 11.5 Å². The van der Waals surface area contributed by atoms with Gasteiger partial charge in [0.15, 0.2) is 0 Å². The van der Waals surface area contributed by atoms with Gasteiger partial charge in [-0.05, 0) is 73.5 Å². The van der Waals surface area contributed by atoms with Crippen LogP contribution < -0.4 is 30.7 Å². The second kappa shape index (κ2) is 11.8. The first kappa shape index (κ1) is 26.1. The minimum absolute atomic E-state index is 0.374. The summed E-state index contributed by atoms with van der Waals surface area (Å²) in [6.45, 7) is 3.97. The fourth-order valence-corrected chi connectivity index (χ4v) is 3.79. The van der Waals surface area contributed by atoms with Crippen molar-refractivity contribution in [3.05, 3.63) is 96.1 Å². The lowest BCUT2D eigenvalue weighted by Gasteiger charge is -2.15. The first-order valence-corrected chi connectivity index (χ1v) is 12.0. The van der Waals surface area contributed by atoms with Crippen molar-refractivity contribution in [1.29, 1.82) is 0 Å². The zero-order valence-corrected chi connectivity index (χ0v) is 21.7. The molecule has 0 saturated heterocycles. The van der Waals surface area contributed by atoms with Gasteiger partial charge in [-0.15, -0.1) is 0 Å². The summed E-state index contributed by atoms with van der Waals surface area (Å²) in [4.78, 5) is 25.0. The van der Waals surface area contributed by atoms with E-state index in [-0.39, 0.29) is 12.1 Å². The number of ether oxygens (including phenoxy) is 2. The molecule has 0 aliphatic rings. The fraction of sp³-hybridized carbons (Fsp3) is 0.133. The molecule has 8 heteroatoms. The zero-order valence-electron chi connectivity index (χ0n) is 21.7. The van der Waals surface area contributed by atoms with E-state index in [2.05, 4.69) is 21.3 Å². The molecule has 0 spiro atoms. The Bertz CT molecular complexity index is 1320. The van der Waals surface area contributed by atoms with Crippen LogP contribution >= 0.6 is 0 Å². The van der Waals surface area contributed by atoms with E-state index in [9.17, 15) is 9.59 Å². The minimum atomic E-state index is -0.374. The Kier molecular flexibility index (Phi) is 8.13. The van der Waals surface area contributed by atoms with Crippen molar-refractivity contribution < 1.29 is 19.1 Å². The zero-order chi connectivity index (χ0) is 27.1. The number of benzene rings is 4. The third-order valence-electron chi connectivity index (χ3n) is 5.85. The number of methoxy groups -OCH3 is 2. The molecule has 0 atom stereocenters. The molecular weight excluding hydrogens is 480 g/mol. The van der Waals surface area contributed by atoms with Gasteiger partial charge in [0.25, 0.3) is 0 Å². The van der Waals surface area contributed by atoms with Crippen molar-refractivity contribution in [2.24, 2.45) is 0 Å². The molecule has 0 aliphatic heterocycles. The van der Waals surface area contributed by atoms with E-state index in [4.69, 9.17) is 9.47 Å². The molecule has 0 saturated carbocycles. The summed E-state index contributed by atoms with van der Waals surface area (Å²) < 4.78 is 11.1. The topological polar surface area (TPSA) is 101 Å². The summed E-state index contributed by atoms with van der Waals surface area (Å²) in [7, 11) is 3.09. The van der Waals surface area contributed by atoms with Crippen LogP contribution in [0.1, 0.15) is 11.1 Å². The number of anilines is 4. The number of urea groups is 2. The molecule has 0 radical (unpaired) electrons. The number of hydrogen-bond acceptors (Lipinski definition) is 4. The normalized spacial score (nSPS) is 10.3. The lowest BCUT2D eigenvalue weighted by molar-refractivity contribution is 0.261. The molecule has 4 amide bonds. The number of hydrogen-bond donors (Lipinski definition) is 4. The summed E-state index contributed by atoms with van der Waals surface area (Å²) in [5, 5.41) is 11.3. The van der Waals surface area contributed by atoms with Crippen LogP contribution in [0.3, 0.4) is 0 Å². The van der Waals surface area contributed by atoms with E-state index in [0.717, 1.165) is 22.3 Å². The Morgan fingerprint density at radius 1 is 0.526 bits per heavy atom.